The number of hydrogen-bond donors (Lipinski definition) is 1. The standard InChI is InChI=1S/C19H22N2O3S/c22-18(9-4-10-20-19(23)17-8-5-13-25-17)21-11-12-24-16(14-21)15-6-2-1-3-7-15/h1-3,5-8,13,16H,4,9-12,14H2,(H,20,23). The van der Waals surface area contributed by atoms with Crippen LogP contribution in [-0.2, 0) is 9.53 Å². The Hall–Kier alpha value is -2.18. The molecule has 1 saturated heterocycles. The summed E-state index contributed by atoms with van der Waals surface area (Å²) in [5, 5.41) is 4.73. The minimum absolute atomic E-state index is 0.0579. The third-order valence-corrected chi connectivity index (χ3v) is 5.06. The molecule has 2 aromatic rings. The van der Waals surface area contributed by atoms with Crippen molar-refractivity contribution in [1.29, 1.82) is 0 Å². The predicted molar refractivity (Wildman–Crippen MR) is 97.6 cm³/mol. The van der Waals surface area contributed by atoms with Crippen LogP contribution in [0.5, 0.6) is 0 Å². The Kier molecular flexibility index (Phi) is 6.19. The highest BCUT2D eigenvalue weighted by molar-refractivity contribution is 7.12. The first kappa shape index (κ1) is 17.6. The molecule has 0 saturated carbocycles. The summed E-state index contributed by atoms with van der Waals surface area (Å²) < 4.78 is 5.79. The van der Waals surface area contributed by atoms with Crippen molar-refractivity contribution in [2.75, 3.05) is 26.2 Å². The summed E-state index contributed by atoms with van der Waals surface area (Å²) in [4.78, 5) is 26.8. The van der Waals surface area contributed by atoms with Crippen molar-refractivity contribution in [3.63, 3.8) is 0 Å². The summed E-state index contributed by atoms with van der Waals surface area (Å²) in [5.41, 5.74) is 1.10. The van der Waals surface area contributed by atoms with Crippen molar-refractivity contribution in [3.8, 4) is 0 Å². The van der Waals surface area contributed by atoms with Crippen LogP contribution in [0.4, 0.5) is 0 Å². The van der Waals surface area contributed by atoms with Gasteiger partial charge in [-0.05, 0) is 23.4 Å². The normalized spacial score (nSPS) is 17.3. The molecule has 1 fully saturated rings. The van der Waals surface area contributed by atoms with Crippen LogP contribution in [0.3, 0.4) is 0 Å². The van der Waals surface area contributed by atoms with E-state index in [1.54, 1.807) is 6.07 Å². The lowest BCUT2D eigenvalue weighted by Gasteiger charge is -2.33. The highest BCUT2D eigenvalue weighted by Crippen LogP contribution is 2.22. The van der Waals surface area contributed by atoms with Gasteiger partial charge in [0.05, 0.1) is 18.0 Å². The molecule has 1 atom stereocenters. The number of ether oxygens (including phenoxy) is 1. The minimum atomic E-state index is -0.0713. The third kappa shape index (κ3) is 4.90. The van der Waals surface area contributed by atoms with E-state index >= 15 is 0 Å². The van der Waals surface area contributed by atoms with Crippen molar-refractivity contribution in [3.05, 3.63) is 58.3 Å². The number of benzene rings is 1. The highest BCUT2D eigenvalue weighted by Gasteiger charge is 2.24. The van der Waals surface area contributed by atoms with E-state index in [9.17, 15) is 9.59 Å². The number of hydrogen-bond acceptors (Lipinski definition) is 4. The maximum Gasteiger partial charge on any atom is 0.261 e. The van der Waals surface area contributed by atoms with E-state index in [0.29, 0.717) is 44.0 Å². The topological polar surface area (TPSA) is 58.6 Å². The van der Waals surface area contributed by atoms with Crippen molar-refractivity contribution in [2.45, 2.75) is 18.9 Å². The van der Waals surface area contributed by atoms with Gasteiger partial charge >= 0.3 is 0 Å². The van der Waals surface area contributed by atoms with E-state index in [1.807, 2.05) is 46.7 Å². The monoisotopic (exact) mass is 358 g/mol. The fourth-order valence-corrected chi connectivity index (χ4v) is 3.48. The van der Waals surface area contributed by atoms with Gasteiger partial charge in [-0.2, -0.15) is 0 Å². The van der Waals surface area contributed by atoms with Crippen molar-refractivity contribution >= 4 is 23.2 Å². The quantitative estimate of drug-likeness (QED) is 0.808. The van der Waals surface area contributed by atoms with Crippen LogP contribution < -0.4 is 5.32 Å². The average Bonchev–Trinajstić information content (AvgIpc) is 3.20. The molecule has 1 N–H and O–H groups in total. The Balaban J connectivity index is 1.41. The molecule has 0 radical (unpaired) electrons. The van der Waals surface area contributed by atoms with Crippen LogP contribution >= 0.6 is 11.3 Å². The van der Waals surface area contributed by atoms with Crippen LogP contribution in [0.25, 0.3) is 0 Å². The first-order valence-electron chi connectivity index (χ1n) is 8.50. The van der Waals surface area contributed by atoms with Crippen LogP contribution in [0, 0.1) is 0 Å². The van der Waals surface area contributed by atoms with Gasteiger partial charge < -0.3 is 15.0 Å². The smallest absolute Gasteiger partial charge is 0.261 e. The summed E-state index contributed by atoms with van der Waals surface area (Å²) in [6.45, 7) is 2.28. The molecule has 0 aliphatic carbocycles. The van der Waals surface area contributed by atoms with Crippen LogP contribution in [0.2, 0.25) is 0 Å². The molecule has 1 unspecified atom stereocenters. The van der Waals surface area contributed by atoms with Gasteiger partial charge in [-0.15, -0.1) is 11.3 Å². The highest BCUT2D eigenvalue weighted by atomic mass is 32.1. The summed E-state index contributed by atoms with van der Waals surface area (Å²) in [7, 11) is 0. The van der Waals surface area contributed by atoms with E-state index in [1.165, 1.54) is 11.3 Å². The Bertz CT molecular complexity index is 688. The SMILES string of the molecule is O=C(NCCCC(=O)N1CCOC(c2ccccc2)C1)c1cccs1. The van der Waals surface area contributed by atoms with Gasteiger partial charge in [0.25, 0.3) is 5.91 Å². The van der Waals surface area contributed by atoms with E-state index < -0.39 is 0 Å². The molecule has 1 aliphatic heterocycles. The summed E-state index contributed by atoms with van der Waals surface area (Å²) in [5.74, 6) is 0.0487. The Morgan fingerprint density at radius 2 is 2.04 bits per heavy atom. The maximum absolute atomic E-state index is 12.4. The van der Waals surface area contributed by atoms with Crippen LogP contribution in [0.15, 0.2) is 47.8 Å². The van der Waals surface area contributed by atoms with Gasteiger partial charge in [-0.3, -0.25) is 9.59 Å². The number of carbonyl (C=O) groups excluding carboxylic acids is 2. The number of nitrogens with one attached hydrogen (secondary N) is 1. The number of nitrogens with zero attached hydrogens (tertiary/aromatic N) is 1. The van der Waals surface area contributed by atoms with Crippen LogP contribution in [0.1, 0.15) is 34.2 Å². The fraction of sp³-hybridized carbons (Fsp3) is 0.368. The van der Waals surface area contributed by atoms with E-state index in [4.69, 9.17) is 4.74 Å². The zero-order chi connectivity index (χ0) is 17.5. The lowest BCUT2D eigenvalue weighted by Crippen LogP contribution is -2.42. The first-order valence-corrected chi connectivity index (χ1v) is 9.38. The molecule has 1 aliphatic rings. The molecule has 25 heavy (non-hydrogen) atoms. The predicted octanol–water partition coefficient (Wildman–Crippen LogP) is 2.86. The summed E-state index contributed by atoms with van der Waals surface area (Å²) >= 11 is 1.42. The van der Waals surface area contributed by atoms with Gasteiger partial charge in [-0.1, -0.05) is 36.4 Å². The lowest BCUT2D eigenvalue weighted by molar-refractivity contribution is -0.139. The number of rotatable bonds is 6. The molecule has 5 nitrogen and oxygen atoms in total. The van der Waals surface area contributed by atoms with Gasteiger partial charge in [-0.25, -0.2) is 0 Å². The van der Waals surface area contributed by atoms with E-state index in [-0.39, 0.29) is 17.9 Å². The zero-order valence-electron chi connectivity index (χ0n) is 14.0. The van der Waals surface area contributed by atoms with E-state index in [2.05, 4.69) is 5.32 Å². The molecule has 3 rings (SSSR count). The van der Waals surface area contributed by atoms with Crippen LogP contribution in [-0.4, -0.2) is 43.0 Å². The van der Waals surface area contributed by atoms with Crippen molar-refractivity contribution < 1.29 is 14.3 Å². The largest absolute Gasteiger partial charge is 0.370 e. The second-order valence-corrected chi connectivity index (χ2v) is 6.89. The number of morpholine rings is 1. The molecule has 1 aromatic heterocycles. The Morgan fingerprint density at radius 1 is 1.20 bits per heavy atom. The van der Waals surface area contributed by atoms with Gasteiger partial charge in [0.1, 0.15) is 6.10 Å². The summed E-state index contributed by atoms with van der Waals surface area (Å²) in [6, 6.07) is 13.6. The minimum Gasteiger partial charge on any atom is -0.370 e. The molecule has 2 amide bonds. The zero-order valence-corrected chi connectivity index (χ0v) is 14.8. The second kappa shape index (κ2) is 8.78. The van der Waals surface area contributed by atoms with Gasteiger partial charge in [0.2, 0.25) is 5.91 Å². The third-order valence-electron chi connectivity index (χ3n) is 4.19. The number of thiophene rings is 1. The molecule has 1 aromatic carbocycles. The molecular weight excluding hydrogens is 336 g/mol. The van der Waals surface area contributed by atoms with Gasteiger partial charge in [0.15, 0.2) is 0 Å². The van der Waals surface area contributed by atoms with Crippen molar-refractivity contribution in [1.82, 2.24) is 10.2 Å². The Labute approximate surface area is 151 Å². The van der Waals surface area contributed by atoms with Gasteiger partial charge in [0, 0.05) is 19.5 Å². The number of amides is 2. The van der Waals surface area contributed by atoms with E-state index in [0.717, 1.165) is 5.56 Å². The molecule has 2 heterocycles. The molecule has 132 valence electrons. The molecular formula is C19H22N2O3S. The van der Waals surface area contributed by atoms with Crippen molar-refractivity contribution in [2.24, 2.45) is 0 Å². The summed E-state index contributed by atoms with van der Waals surface area (Å²) in [6.07, 6.45) is 1.02. The lowest BCUT2D eigenvalue weighted by atomic mass is 10.1. The Morgan fingerprint density at radius 3 is 2.80 bits per heavy atom. The molecule has 0 spiro atoms. The first-order chi connectivity index (χ1) is 12.2. The molecule has 0 bridgehead atoms. The second-order valence-electron chi connectivity index (χ2n) is 5.95. The maximum atomic E-state index is 12.4. The fourth-order valence-electron chi connectivity index (χ4n) is 2.84. The molecule has 6 heteroatoms. The average molecular weight is 358 g/mol. The number of carbonyl (C=O) groups is 2.